The largest absolute Gasteiger partial charge is 0.307 e. The van der Waals surface area contributed by atoms with Gasteiger partial charge in [0.1, 0.15) is 5.82 Å². The molecule has 0 unspecified atom stereocenters. The van der Waals surface area contributed by atoms with E-state index in [1.165, 1.54) is 0 Å². The van der Waals surface area contributed by atoms with Crippen molar-refractivity contribution < 1.29 is 4.79 Å². The zero-order valence-electron chi connectivity index (χ0n) is 9.42. The molecule has 0 aliphatic carbocycles. The first kappa shape index (κ1) is 10.5. The second-order valence-electron chi connectivity index (χ2n) is 3.81. The van der Waals surface area contributed by atoms with Crippen molar-refractivity contribution in [2.24, 2.45) is 0 Å². The summed E-state index contributed by atoms with van der Waals surface area (Å²) >= 11 is 0. The number of H-pyrrole nitrogens is 1. The normalized spacial score (nSPS) is 10.4. The minimum Gasteiger partial charge on any atom is -0.307 e. The van der Waals surface area contributed by atoms with E-state index in [0.717, 1.165) is 5.39 Å². The summed E-state index contributed by atoms with van der Waals surface area (Å²) < 4.78 is 0. The highest BCUT2D eigenvalue weighted by Gasteiger charge is 2.11. The van der Waals surface area contributed by atoms with Crippen LogP contribution >= 0.6 is 0 Å². The van der Waals surface area contributed by atoms with E-state index in [-0.39, 0.29) is 5.91 Å². The standard InChI is InChI=1S/C13H10N4O/c18-13(16-11-6-8-15-17-11)10-5-1-3-9-4-2-7-14-12(9)10/h1-8H,(H2,15,16,17,18). The molecule has 88 valence electrons. The molecule has 0 radical (unpaired) electrons. The molecule has 0 aliphatic rings. The first-order valence-corrected chi connectivity index (χ1v) is 5.49. The van der Waals surface area contributed by atoms with Crippen LogP contribution in [0.1, 0.15) is 10.4 Å². The third kappa shape index (κ3) is 1.82. The highest BCUT2D eigenvalue weighted by atomic mass is 16.1. The van der Waals surface area contributed by atoms with Crippen molar-refractivity contribution in [1.82, 2.24) is 15.2 Å². The Labute approximate surface area is 103 Å². The predicted octanol–water partition coefficient (Wildman–Crippen LogP) is 2.21. The third-order valence-corrected chi connectivity index (χ3v) is 2.63. The molecule has 18 heavy (non-hydrogen) atoms. The van der Waals surface area contributed by atoms with Crippen molar-refractivity contribution in [3.63, 3.8) is 0 Å². The van der Waals surface area contributed by atoms with Gasteiger partial charge in [-0.3, -0.25) is 14.9 Å². The summed E-state index contributed by atoms with van der Waals surface area (Å²) in [5.74, 6) is 0.358. The maximum absolute atomic E-state index is 12.1. The van der Waals surface area contributed by atoms with Gasteiger partial charge in [0.05, 0.1) is 17.3 Å². The van der Waals surface area contributed by atoms with E-state index in [9.17, 15) is 4.79 Å². The second-order valence-corrected chi connectivity index (χ2v) is 3.81. The quantitative estimate of drug-likeness (QED) is 0.719. The van der Waals surface area contributed by atoms with Gasteiger partial charge < -0.3 is 5.32 Å². The number of amides is 1. The minimum atomic E-state index is -0.205. The number of pyridine rings is 1. The summed E-state index contributed by atoms with van der Waals surface area (Å²) in [7, 11) is 0. The monoisotopic (exact) mass is 238 g/mol. The molecule has 0 fully saturated rings. The predicted molar refractivity (Wildman–Crippen MR) is 68.3 cm³/mol. The third-order valence-electron chi connectivity index (χ3n) is 2.63. The number of fused-ring (bicyclic) bond motifs is 1. The Kier molecular flexibility index (Phi) is 2.49. The van der Waals surface area contributed by atoms with E-state index in [1.54, 1.807) is 24.5 Å². The summed E-state index contributed by atoms with van der Waals surface area (Å²) in [4.78, 5) is 16.4. The average Bonchev–Trinajstić information content (AvgIpc) is 2.91. The van der Waals surface area contributed by atoms with Crippen molar-refractivity contribution in [3.8, 4) is 0 Å². The van der Waals surface area contributed by atoms with Crippen LogP contribution in [0.2, 0.25) is 0 Å². The number of aromatic nitrogens is 3. The van der Waals surface area contributed by atoms with Gasteiger partial charge in [0, 0.05) is 17.6 Å². The highest BCUT2D eigenvalue weighted by molar-refractivity contribution is 6.11. The van der Waals surface area contributed by atoms with E-state index in [2.05, 4.69) is 20.5 Å². The van der Waals surface area contributed by atoms with Crippen LogP contribution in [0.15, 0.2) is 48.8 Å². The van der Waals surface area contributed by atoms with Gasteiger partial charge in [-0.2, -0.15) is 5.10 Å². The molecule has 0 aliphatic heterocycles. The number of hydrogen-bond acceptors (Lipinski definition) is 3. The van der Waals surface area contributed by atoms with Crippen molar-refractivity contribution in [3.05, 3.63) is 54.4 Å². The maximum Gasteiger partial charge on any atom is 0.259 e. The molecule has 0 bridgehead atoms. The van der Waals surface area contributed by atoms with Crippen LogP contribution in [0.25, 0.3) is 10.9 Å². The number of rotatable bonds is 2. The van der Waals surface area contributed by atoms with Gasteiger partial charge in [-0.05, 0) is 12.1 Å². The highest BCUT2D eigenvalue weighted by Crippen LogP contribution is 2.16. The SMILES string of the molecule is O=C(Nc1ccn[nH]1)c1cccc2cccnc12. The molecule has 1 aromatic carbocycles. The second kappa shape index (κ2) is 4.29. The molecule has 5 heteroatoms. The van der Waals surface area contributed by atoms with E-state index < -0.39 is 0 Å². The van der Waals surface area contributed by atoms with Crippen LogP contribution in [0.5, 0.6) is 0 Å². The fourth-order valence-electron chi connectivity index (χ4n) is 1.80. The Morgan fingerprint density at radius 2 is 2.00 bits per heavy atom. The lowest BCUT2D eigenvalue weighted by Gasteiger charge is -2.05. The zero-order valence-corrected chi connectivity index (χ0v) is 9.42. The Hall–Kier alpha value is -2.69. The van der Waals surface area contributed by atoms with E-state index in [0.29, 0.717) is 16.9 Å². The summed E-state index contributed by atoms with van der Waals surface area (Å²) in [6.07, 6.45) is 3.26. The maximum atomic E-state index is 12.1. The van der Waals surface area contributed by atoms with Crippen LogP contribution in [-0.2, 0) is 0 Å². The average molecular weight is 238 g/mol. The van der Waals surface area contributed by atoms with E-state index >= 15 is 0 Å². The Morgan fingerprint density at radius 3 is 2.83 bits per heavy atom. The van der Waals surface area contributed by atoms with Crippen LogP contribution in [0.4, 0.5) is 5.82 Å². The Bertz CT molecular complexity index is 686. The number of para-hydroxylation sites is 1. The molecule has 0 saturated carbocycles. The van der Waals surface area contributed by atoms with Gasteiger partial charge in [0.2, 0.25) is 0 Å². The van der Waals surface area contributed by atoms with Crippen molar-refractivity contribution >= 4 is 22.6 Å². The summed E-state index contributed by atoms with van der Waals surface area (Å²) in [5.41, 5.74) is 1.24. The van der Waals surface area contributed by atoms with Gasteiger partial charge in [-0.1, -0.05) is 18.2 Å². The van der Waals surface area contributed by atoms with Crippen molar-refractivity contribution in [2.75, 3.05) is 5.32 Å². The number of benzene rings is 1. The van der Waals surface area contributed by atoms with Gasteiger partial charge in [-0.15, -0.1) is 0 Å². The molecule has 3 rings (SSSR count). The molecular formula is C13H10N4O. The van der Waals surface area contributed by atoms with Gasteiger partial charge >= 0.3 is 0 Å². The smallest absolute Gasteiger partial charge is 0.259 e. The zero-order chi connectivity index (χ0) is 12.4. The summed E-state index contributed by atoms with van der Waals surface area (Å²) in [6, 6.07) is 11.0. The van der Waals surface area contributed by atoms with Crippen LogP contribution in [-0.4, -0.2) is 21.1 Å². The van der Waals surface area contributed by atoms with Gasteiger partial charge in [0.25, 0.3) is 5.91 Å². The number of nitrogens with zero attached hydrogens (tertiary/aromatic N) is 2. The molecule has 0 atom stereocenters. The van der Waals surface area contributed by atoms with Crippen LogP contribution in [0.3, 0.4) is 0 Å². The van der Waals surface area contributed by atoms with Gasteiger partial charge in [0.15, 0.2) is 0 Å². The number of hydrogen-bond donors (Lipinski definition) is 2. The fourth-order valence-corrected chi connectivity index (χ4v) is 1.80. The molecule has 2 N–H and O–H groups in total. The van der Waals surface area contributed by atoms with Crippen LogP contribution < -0.4 is 5.32 Å². The molecular weight excluding hydrogens is 228 g/mol. The van der Waals surface area contributed by atoms with Crippen molar-refractivity contribution in [2.45, 2.75) is 0 Å². The number of carbonyl (C=O) groups is 1. The number of anilines is 1. The number of aromatic amines is 1. The van der Waals surface area contributed by atoms with E-state index in [1.807, 2.05) is 24.3 Å². The lowest BCUT2D eigenvalue weighted by molar-refractivity contribution is 0.102. The molecule has 5 nitrogen and oxygen atoms in total. The van der Waals surface area contributed by atoms with Crippen molar-refractivity contribution in [1.29, 1.82) is 0 Å². The lowest BCUT2D eigenvalue weighted by Crippen LogP contribution is -2.13. The molecule has 2 aromatic heterocycles. The number of nitrogens with one attached hydrogen (secondary N) is 2. The summed E-state index contributed by atoms with van der Waals surface area (Å²) in [6.45, 7) is 0. The molecule has 3 aromatic rings. The molecule has 0 saturated heterocycles. The van der Waals surface area contributed by atoms with E-state index in [4.69, 9.17) is 0 Å². The summed E-state index contributed by atoms with van der Waals surface area (Å²) in [5, 5.41) is 10.1. The Morgan fingerprint density at radius 1 is 1.11 bits per heavy atom. The Balaban J connectivity index is 2.01. The fraction of sp³-hybridized carbons (Fsp3) is 0. The molecule has 2 heterocycles. The first-order valence-electron chi connectivity index (χ1n) is 5.49. The minimum absolute atomic E-state index is 0.205. The van der Waals surface area contributed by atoms with Gasteiger partial charge in [-0.25, -0.2) is 0 Å². The lowest BCUT2D eigenvalue weighted by atomic mass is 10.1. The topological polar surface area (TPSA) is 70.7 Å². The first-order chi connectivity index (χ1) is 8.84. The molecule has 1 amide bonds. The molecule has 0 spiro atoms. The van der Waals surface area contributed by atoms with Crippen LogP contribution in [0, 0.1) is 0 Å². The number of carbonyl (C=O) groups excluding carboxylic acids is 1.